The van der Waals surface area contributed by atoms with Crippen molar-refractivity contribution in [3.8, 4) is 10.6 Å². The SMILES string of the molecule is NC(=O)[C@H]1CCC[C@@H]1NC(=O)Nc1nnc(-c2ccccc2)s1. The smallest absolute Gasteiger partial charge is 0.321 e. The van der Waals surface area contributed by atoms with E-state index >= 15 is 0 Å². The summed E-state index contributed by atoms with van der Waals surface area (Å²) in [5.74, 6) is -0.662. The van der Waals surface area contributed by atoms with Gasteiger partial charge in [-0.25, -0.2) is 4.79 Å². The summed E-state index contributed by atoms with van der Waals surface area (Å²) in [6, 6.07) is 9.02. The lowest BCUT2D eigenvalue weighted by molar-refractivity contribution is -0.122. The zero-order chi connectivity index (χ0) is 16.2. The van der Waals surface area contributed by atoms with Crippen LogP contribution in [-0.4, -0.2) is 28.2 Å². The number of hydrogen-bond acceptors (Lipinski definition) is 5. The van der Waals surface area contributed by atoms with Gasteiger partial charge in [-0.3, -0.25) is 10.1 Å². The summed E-state index contributed by atoms with van der Waals surface area (Å²) in [6.45, 7) is 0. The van der Waals surface area contributed by atoms with Crippen LogP contribution in [0.25, 0.3) is 10.6 Å². The molecule has 3 rings (SSSR count). The molecular formula is C15H17N5O2S. The molecule has 4 N–H and O–H groups in total. The zero-order valence-electron chi connectivity index (χ0n) is 12.4. The number of anilines is 1. The maximum Gasteiger partial charge on any atom is 0.321 e. The van der Waals surface area contributed by atoms with Gasteiger partial charge in [0.05, 0.1) is 5.92 Å². The van der Waals surface area contributed by atoms with Gasteiger partial charge in [-0.2, -0.15) is 0 Å². The lowest BCUT2D eigenvalue weighted by Crippen LogP contribution is -2.44. The van der Waals surface area contributed by atoms with Crippen molar-refractivity contribution in [2.45, 2.75) is 25.3 Å². The minimum absolute atomic E-state index is 0.214. The Kier molecular flexibility index (Phi) is 4.52. The third kappa shape index (κ3) is 3.65. The van der Waals surface area contributed by atoms with E-state index in [0.717, 1.165) is 29.8 Å². The molecule has 0 spiro atoms. The van der Waals surface area contributed by atoms with Crippen molar-refractivity contribution < 1.29 is 9.59 Å². The van der Waals surface area contributed by atoms with E-state index in [1.54, 1.807) is 0 Å². The predicted molar refractivity (Wildman–Crippen MR) is 87.8 cm³/mol. The predicted octanol–water partition coefficient (Wildman–Crippen LogP) is 1.98. The molecule has 0 bridgehead atoms. The Balaban J connectivity index is 1.60. The third-order valence-electron chi connectivity index (χ3n) is 3.86. The van der Waals surface area contributed by atoms with E-state index in [1.165, 1.54) is 11.3 Å². The van der Waals surface area contributed by atoms with E-state index in [0.29, 0.717) is 5.13 Å². The quantitative estimate of drug-likeness (QED) is 0.795. The summed E-state index contributed by atoms with van der Waals surface area (Å²) in [4.78, 5) is 23.4. The topological polar surface area (TPSA) is 110 Å². The first-order valence-corrected chi connectivity index (χ1v) is 8.21. The molecule has 0 saturated heterocycles. The molecular weight excluding hydrogens is 314 g/mol. The van der Waals surface area contributed by atoms with Crippen molar-refractivity contribution in [3.05, 3.63) is 30.3 Å². The van der Waals surface area contributed by atoms with Gasteiger partial charge < -0.3 is 11.1 Å². The van der Waals surface area contributed by atoms with Crippen LogP contribution in [0, 0.1) is 5.92 Å². The van der Waals surface area contributed by atoms with E-state index in [1.807, 2.05) is 30.3 Å². The maximum atomic E-state index is 12.0. The van der Waals surface area contributed by atoms with Crippen LogP contribution in [0.5, 0.6) is 0 Å². The molecule has 0 radical (unpaired) electrons. The average molecular weight is 331 g/mol. The number of urea groups is 1. The Morgan fingerprint density at radius 3 is 2.70 bits per heavy atom. The summed E-state index contributed by atoms with van der Waals surface area (Å²) in [5, 5.41) is 14.6. The Morgan fingerprint density at radius 1 is 1.17 bits per heavy atom. The van der Waals surface area contributed by atoms with Crippen LogP contribution in [0.4, 0.5) is 9.93 Å². The standard InChI is InChI=1S/C15H17N5O2S/c16-12(21)10-7-4-8-11(10)17-14(22)18-15-20-19-13(23-15)9-5-2-1-3-6-9/h1-3,5-6,10-11H,4,7-8H2,(H2,16,21)(H2,17,18,20,22)/t10-,11-/m0/s1. The number of nitrogens with one attached hydrogen (secondary N) is 2. The molecule has 8 heteroatoms. The van der Waals surface area contributed by atoms with Gasteiger partial charge in [-0.05, 0) is 12.8 Å². The number of benzene rings is 1. The Hall–Kier alpha value is -2.48. The van der Waals surface area contributed by atoms with Gasteiger partial charge >= 0.3 is 6.03 Å². The molecule has 120 valence electrons. The molecule has 1 aliphatic carbocycles. The van der Waals surface area contributed by atoms with Crippen molar-refractivity contribution in [2.24, 2.45) is 11.7 Å². The van der Waals surface area contributed by atoms with Crippen LogP contribution in [-0.2, 0) is 4.79 Å². The normalized spacial score (nSPS) is 20.2. The highest BCUT2D eigenvalue weighted by Crippen LogP contribution is 2.27. The van der Waals surface area contributed by atoms with Gasteiger partial charge in [0, 0.05) is 11.6 Å². The number of rotatable bonds is 4. The Morgan fingerprint density at radius 2 is 1.96 bits per heavy atom. The monoisotopic (exact) mass is 331 g/mol. The van der Waals surface area contributed by atoms with Gasteiger partial charge in [0.1, 0.15) is 5.01 Å². The zero-order valence-corrected chi connectivity index (χ0v) is 13.2. The first-order chi connectivity index (χ1) is 11.1. The van der Waals surface area contributed by atoms with E-state index in [4.69, 9.17) is 5.73 Å². The third-order valence-corrected chi connectivity index (χ3v) is 4.75. The number of primary amides is 1. The second-order valence-corrected chi connectivity index (χ2v) is 6.40. The first-order valence-electron chi connectivity index (χ1n) is 7.39. The van der Waals surface area contributed by atoms with Crippen LogP contribution in [0.3, 0.4) is 0 Å². The minimum atomic E-state index is -0.390. The highest BCUT2D eigenvalue weighted by atomic mass is 32.1. The molecule has 1 saturated carbocycles. The molecule has 23 heavy (non-hydrogen) atoms. The molecule has 1 aromatic carbocycles. The largest absolute Gasteiger partial charge is 0.369 e. The summed E-state index contributed by atoms with van der Waals surface area (Å²) in [6.07, 6.45) is 2.36. The van der Waals surface area contributed by atoms with Gasteiger partial charge in [0.25, 0.3) is 0 Å². The molecule has 7 nitrogen and oxygen atoms in total. The summed E-state index contributed by atoms with van der Waals surface area (Å²) in [7, 11) is 0. The highest BCUT2D eigenvalue weighted by Gasteiger charge is 2.32. The maximum absolute atomic E-state index is 12.0. The number of carbonyl (C=O) groups is 2. The molecule has 2 atom stereocenters. The number of aromatic nitrogens is 2. The number of hydrogen-bond donors (Lipinski definition) is 3. The number of nitrogens with two attached hydrogens (primary N) is 1. The van der Waals surface area contributed by atoms with Crippen LogP contribution < -0.4 is 16.4 Å². The van der Waals surface area contributed by atoms with E-state index < -0.39 is 0 Å². The van der Waals surface area contributed by atoms with Crippen molar-refractivity contribution >= 4 is 28.4 Å². The number of nitrogens with zero attached hydrogens (tertiary/aromatic N) is 2. The fourth-order valence-electron chi connectivity index (χ4n) is 2.75. The molecule has 0 unspecified atom stereocenters. The molecule has 2 aromatic rings. The molecule has 1 aromatic heterocycles. The molecule has 1 heterocycles. The lowest BCUT2D eigenvalue weighted by atomic mass is 10.0. The minimum Gasteiger partial charge on any atom is -0.369 e. The van der Waals surface area contributed by atoms with Gasteiger partial charge in [0.15, 0.2) is 0 Å². The number of amides is 3. The van der Waals surface area contributed by atoms with Crippen LogP contribution in [0.2, 0.25) is 0 Å². The van der Waals surface area contributed by atoms with Crippen LogP contribution in [0.15, 0.2) is 30.3 Å². The first kappa shape index (κ1) is 15.4. The Labute approximate surface area is 137 Å². The van der Waals surface area contributed by atoms with Crippen LogP contribution in [0.1, 0.15) is 19.3 Å². The van der Waals surface area contributed by atoms with E-state index in [2.05, 4.69) is 20.8 Å². The fourth-order valence-corrected chi connectivity index (χ4v) is 3.49. The van der Waals surface area contributed by atoms with Crippen molar-refractivity contribution in [2.75, 3.05) is 5.32 Å². The lowest BCUT2D eigenvalue weighted by Gasteiger charge is -2.17. The van der Waals surface area contributed by atoms with Gasteiger partial charge in [-0.15, -0.1) is 10.2 Å². The van der Waals surface area contributed by atoms with Crippen molar-refractivity contribution in [1.82, 2.24) is 15.5 Å². The summed E-state index contributed by atoms with van der Waals surface area (Å²) in [5.41, 5.74) is 6.30. The van der Waals surface area contributed by atoms with Gasteiger partial charge in [-0.1, -0.05) is 48.1 Å². The second-order valence-electron chi connectivity index (χ2n) is 5.42. The Bertz CT molecular complexity index is 703. The molecule has 3 amide bonds. The van der Waals surface area contributed by atoms with Crippen LogP contribution >= 0.6 is 11.3 Å². The van der Waals surface area contributed by atoms with Crippen molar-refractivity contribution in [1.29, 1.82) is 0 Å². The van der Waals surface area contributed by atoms with Crippen molar-refractivity contribution in [3.63, 3.8) is 0 Å². The van der Waals surface area contributed by atoms with Gasteiger partial charge in [0.2, 0.25) is 11.0 Å². The average Bonchev–Trinajstić information content (AvgIpc) is 3.17. The highest BCUT2D eigenvalue weighted by molar-refractivity contribution is 7.18. The van der Waals surface area contributed by atoms with E-state index in [9.17, 15) is 9.59 Å². The summed E-state index contributed by atoms with van der Waals surface area (Å²) >= 11 is 1.29. The molecule has 0 aliphatic heterocycles. The van der Waals surface area contributed by atoms with E-state index in [-0.39, 0.29) is 23.9 Å². The molecule has 1 aliphatic rings. The molecule has 1 fully saturated rings. The number of carbonyl (C=O) groups excluding carboxylic acids is 2. The fraction of sp³-hybridized carbons (Fsp3) is 0.333. The summed E-state index contributed by atoms with van der Waals surface area (Å²) < 4.78 is 0. The second kappa shape index (κ2) is 6.74.